The predicted octanol–water partition coefficient (Wildman–Crippen LogP) is 5.10. The van der Waals surface area contributed by atoms with Gasteiger partial charge in [0, 0.05) is 18.1 Å². The number of carbonyl (C=O) groups excluding carboxylic acids is 1. The van der Waals surface area contributed by atoms with Crippen LogP contribution in [0.15, 0.2) is 78.9 Å². The Morgan fingerprint density at radius 2 is 1.75 bits per heavy atom. The fourth-order valence-electron chi connectivity index (χ4n) is 3.67. The van der Waals surface area contributed by atoms with Gasteiger partial charge in [0.2, 0.25) is 0 Å². The molecule has 4 rings (SSSR count). The molecule has 1 unspecified atom stereocenters. The van der Waals surface area contributed by atoms with Gasteiger partial charge in [-0.3, -0.25) is 14.9 Å². The molecule has 3 aromatic carbocycles. The largest absolute Gasteiger partial charge is 0.478 e. The lowest BCUT2D eigenvalue weighted by Gasteiger charge is -2.17. The monoisotopic (exact) mass is 433 g/mol. The highest BCUT2D eigenvalue weighted by Crippen LogP contribution is 2.35. The first-order valence-electron chi connectivity index (χ1n) is 9.77. The lowest BCUT2D eigenvalue weighted by Crippen LogP contribution is -2.07. The molecule has 0 saturated carbocycles. The smallest absolute Gasteiger partial charge is 0.335 e. The maximum absolute atomic E-state index is 13.5. The number of non-ortho nitro benzene ring substituents is 1. The molecule has 0 aliphatic heterocycles. The Morgan fingerprint density at radius 3 is 2.38 bits per heavy atom. The highest BCUT2D eigenvalue weighted by atomic mass is 19.1. The second kappa shape index (κ2) is 9.78. The van der Waals surface area contributed by atoms with Crippen molar-refractivity contribution in [2.45, 2.75) is 18.8 Å². The van der Waals surface area contributed by atoms with E-state index in [4.69, 9.17) is 5.11 Å². The van der Waals surface area contributed by atoms with Crippen molar-refractivity contribution in [2.24, 2.45) is 0 Å². The number of fused-ring (bicyclic) bond motifs is 2. The summed E-state index contributed by atoms with van der Waals surface area (Å²) in [5.41, 5.74) is 4.89. The van der Waals surface area contributed by atoms with Gasteiger partial charge < -0.3 is 5.11 Å². The van der Waals surface area contributed by atoms with E-state index in [9.17, 15) is 24.1 Å². The molecule has 0 fully saturated rings. The van der Waals surface area contributed by atoms with Crippen LogP contribution < -0.4 is 0 Å². The van der Waals surface area contributed by atoms with Gasteiger partial charge in [-0.2, -0.15) is 0 Å². The first kappa shape index (κ1) is 22.6. The molecule has 0 spiro atoms. The van der Waals surface area contributed by atoms with E-state index in [1.54, 1.807) is 6.07 Å². The number of aldehydes is 1. The normalized spacial score (nSPS) is 14.0. The number of carboxylic acids is 1. The van der Waals surface area contributed by atoms with Crippen LogP contribution in [0.2, 0.25) is 0 Å². The number of hydrogen-bond donors (Lipinski definition) is 1. The Kier molecular flexibility index (Phi) is 6.90. The number of aromatic carboxylic acids is 1. The van der Waals surface area contributed by atoms with Gasteiger partial charge in [-0.1, -0.05) is 36.9 Å². The molecule has 6 nitrogen and oxygen atoms in total. The molecule has 0 bridgehead atoms. The number of benzene rings is 3. The van der Waals surface area contributed by atoms with Gasteiger partial charge >= 0.3 is 5.97 Å². The summed E-state index contributed by atoms with van der Waals surface area (Å²) >= 11 is 0. The van der Waals surface area contributed by atoms with E-state index in [1.807, 2.05) is 24.3 Å². The SMILES string of the molecule is C=C(C=O)C1Cc2cc(F)ccc2Cc2ccccc21.O=C(O)c1ccc([N+](=O)[O-])cc1. The molecule has 3 aromatic rings. The molecule has 1 aliphatic carbocycles. The molecule has 7 heteroatoms. The fraction of sp³-hybridized carbons (Fsp3) is 0.120. The van der Waals surface area contributed by atoms with Crippen LogP contribution >= 0.6 is 0 Å². The zero-order chi connectivity index (χ0) is 23.3. The molecule has 0 amide bonds. The lowest BCUT2D eigenvalue weighted by atomic mass is 9.86. The zero-order valence-corrected chi connectivity index (χ0v) is 17.0. The van der Waals surface area contributed by atoms with E-state index >= 15 is 0 Å². The van der Waals surface area contributed by atoms with Crippen molar-refractivity contribution < 1.29 is 24.0 Å². The van der Waals surface area contributed by atoms with Crippen molar-refractivity contribution in [3.05, 3.63) is 123 Å². The summed E-state index contributed by atoms with van der Waals surface area (Å²) in [4.78, 5) is 31.0. The minimum absolute atomic E-state index is 0.0422. The number of halogens is 1. The van der Waals surface area contributed by atoms with E-state index < -0.39 is 10.9 Å². The van der Waals surface area contributed by atoms with Crippen LogP contribution in [-0.2, 0) is 17.6 Å². The molecule has 0 heterocycles. The summed E-state index contributed by atoms with van der Waals surface area (Å²) in [7, 11) is 0. The van der Waals surface area contributed by atoms with Crippen LogP contribution in [-0.4, -0.2) is 22.3 Å². The number of hydrogen-bond acceptors (Lipinski definition) is 4. The standard InChI is InChI=1S/C18H15FO.C7H5NO4/c1-12(11-20)18-10-15-9-16(19)7-6-13(15)8-14-4-2-3-5-17(14)18;9-7(10)5-1-3-6(4-2-5)8(11)12/h2-7,9,11,18H,1,8,10H2;1-4H,(H,9,10). The summed E-state index contributed by atoms with van der Waals surface area (Å²) in [5.74, 6) is -1.39. The Morgan fingerprint density at radius 1 is 1.06 bits per heavy atom. The quantitative estimate of drug-likeness (QED) is 0.267. The van der Waals surface area contributed by atoms with Crippen LogP contribution in [0.4, 0.5) is 10.1 Å². The van der Waals surface area contributed by atoms with Crippen LogP contribution in [0, 0.1) is 15.9 Å². The molecule has 0 saturated heterocycles. The van der Waals surface area contributed by atoms with Gasteiger partial charge in [0.05, 0.1) is 10.5 Å². The first-order valence-corrected chi connectivity index (χ1v) is 9.77. The number of carbonyl (C=O) groups is 2. The maximum atomic E-state index is 13.5. The number of rotatable bonds is 4. The topological polar surface area (TPSA) is 97.5 Å². The highest BCUT2D eigenvalue weighted by molar-refractivity contribution is 5.87. The molecular weight excluding hydrogens is 413 g/mol. The number of carboxylic acid groups (broad SMARTS) is 1. The van der Waals surface area contributed by atoms with E-state index in [2.05, 4.69) is 12.6 Å². The molecular formula is C25H20FNO5. The summed E-state index contributed by atoms with van der Waals surface area (Å²) in [6.45, 7) is 3.87. The van der Waals surface area contributed by atoms with E-state index in [-0.39, 0.29) is 23.0 Å². The summed E-state index contributed by atoms with van der Waals surface area (Å²) in [5, 5.41) is 18.6. The number of nitro groups is 1. The van der Waals surface area contributed by atoms with Gasteiger partial charge in [0.15, 0.2) is 0 Å². The molecule has 1 N–H and O–H groups in total. The predicted molar refractivity (Wildman–Crippen MR) is 117 cm³/mol. The average Bonchev–Trinajstić information content (AvgIpc) is 2.95. The summed E-state index contributed by atoms with van der Waals surface area (Å²) in [6, 6.07) is 17.7. The van der Waals surface area contributed by atoms with E-state index in [0.29, 0.717) is 12.0 Å². The third-order valence-corrected chi connectivity index (χ3v) is 5.33. The number of allylic oxidation sites excluding steroid dienone is 1. The third kappa shape index (κ3) is 5.13. The van der Waals surface area contributed by atoms with Gasteiger partial charge in [0.1, 0.15) is 12.1 Å². The second-order valence-corrected chi connectivity index (χ2v) is 7.35. The lowest BCUT2D eigenvalue weighted by molar-refractivity contribution is -0.384. The average molecular weight is 433 g/mol. The van der Waals surface area contributed by atoms with Crippen molar-refractivity contribution in [3.8, 4) is 0 Å². The van der Waals surface area contributed by atoms with Gasteiger partial charge in [0.25, 0.3) is 5.69 Å². The summed E-state index contributed by atoms with van der Waals surface area (Å²) in [6.07, 6.45) is 2.21. The molecule has 162 valence electrons. The highest BCUT2D eigenvalue weighted by Gasteiger charge is 2.24. The number of nitrogens with zero attached hydrogens (tertiary/aromatic N) is 1. The Balaban J connectivity index is 0.000000207. The third-order valence-electron chi connectivity index (χ3n) is 5.33. The van der Waals surface area contributed by atoms with Crippen LogP contribution in [0.5, 0.6) is 0 Å². The molecule has 0 aromatic heterocycles. The zero-order valence-electron chi connectivity index (χ0n) is 17.0. The van der Waals surface area contributed by atoms with Crippen molar-refractivity contribution in [1.29, 1.82) is 0 Å². The molecule has 1 aliphatic rings. The Hall–Kier alpha value is -4.13. The Labute approximate surface area is 183 Å². The van der Waals surface area contributed by atoms with Gasteiger partial charge in [-0.15, -0.1) is 0 Å². The minimum atomic E-state index is -1.09. The van der Waals surface area contributed by atoms with Crippen molar-refractivity contribution >= 4 is 17.9 Å². The minimum Gasteiger partial charge on any atom is -0.478 e. The molecule has 1 atom stereocenters. The first-order chi connectivity index (χ1) is 15.3. The van der Waals surface area contributed by atoms with Gasteiger partial charge in [-0.25, -0.2) is 9.18 Å². The van der Waals surface area contributed by atoms with Crippen molar-refractivity contribution in [3.63, 3.8) is 0 Å². The number of nitro benzene ring substituents is 1. The second-order valence-electron chi connectivity index (χ2n) is 7.35. The van der Waals surface area contributed by atoms with E-state index in [0.717, 1.165) is 41.5 Å². The van der Waals surface area contributed by atoms with Gasteiger partial charge in [-0.05, 0) is 64.9 Å². The van der Waals surface area contributed by atoms with Crippen molar-refractivity contribution in [1.82, 2.24) is 0 Å². The maximum Gasteiger partial charge on any atom is 0.335 e. The Bertz CT molecular complexity index is 1150. The van der Waals surface area contributed by atoms with Crippen LogP contribution in [0.3, 0.4) is 0 Å². The van der Waals surface area contributed by atoms with E-state index in [1.165, 1.54) is 23.8 Å². The molecule has 0 radical (unpaired) electrons. The summed E-state index contributed by atoms with van der Waals surface area (Å²) < 4.78 is 13.5. The van der Waals surface area contributed by atoms with Crippen LogP contribution in [0.1, 0.15) is 38.5 Å². The molecule has 32 heavy (non-hydrogen) atoms. The van der Waals surface area contributed by atoms with Crippen LogP contribution in [0.25, 0.3) is 0 Å². The van der Waals surface area contributed by atoms with Crippen molar-refractivity contribution in [2.75, 3.05) is 0 Å². The fourth-order valence-corrected chi connectivity index (χ4v) is 3.67.